The van der Waals surface area contributed by atoms with Gasteiger partial charge in [-0.15, -0.1) is 12.4 Å². The highest BCUT2D eigenvalue weighted by Gasteiger charge is 2.49. The van der Waals surface area contributed by atoms with E-state index in [0.717, 1.165) is 6.54 Å². The number of nitrogens with two attached hydrogens (primary N) is 1. The summed E-state index contributed by atoms with van der Waals surface area (Å²) in [4.78, 5) is 13.8. The van der Waals surface area contributed by atoms with Crippen LogP contribution in [0.3, 0.4) is 0 Å². The number of likely N-dealkylation sites (tertiary alicyclic amines) is 1. The number of amides is 1. The van der Waals surface area contributed by atoms with Crippen molar-refractivity contribution < 1.29 is 13.2 Å². The van der Waals surface area contributed by atoms with E-state index in [-0.39, 0.29) is 29.3 Å². The van der Waals surface area contributed by atoms with E-state index in [4.69, 9.17) is 5.73 Å². The minimum Gasteiger partial charge on any atom is -0.366 e. The molecule has 2 saturated heterocycles. The van der Waals surface area contributed by atoms with Gasteiger partial charge in [-0.2, -0.15) is 4.31 Å². The van der Waals surface area contributed by atoms with Crippen LogP contribution in [-0.4, -0.2) is 50.2 Å². The maximum absolute atomic E-state index is 13.1. The van der Waals surface area contributed by atoms with Crippen LogP contribution in [0.25, 0.3) is 0 Å². The van der Waals surface area contributed by atoms with Gasteiger partial charge in [-0.05, 0) is 61.2 Å². The van der Waals surface area contributed by atoms with Gasteiger partial charge in [0.05, 0.1) is 4.90 Å². The first-order valence-corrected chi connectivity index (χ1v) is 10.9. The Labute approximate surface area is 178 Å². The van der Waals surface area contributed by atoms with Crippen molar-refractivity contribution in [2.75, 3.05) is 26.7 Å². The first-order valence-electron chi connectivity index (χ1n) is 9.45. The fourth-order valence-electron chi connectivity index (χ4n) is 4.74. The van der Waals surface area contributed by atoms with Crippen LogP contribution >= 0.6 is 12.4 Å². The van der Waals surface area contributed by atoms with Gasteiger partial charge in [-0.25, -0.2) is 8.42 Å². The molecule has 0 radical (unpaired) electrons. The molecule has 2 heterocycles. The van der Waals surface area contributed by atoms with Gasteiger partial charge in [0.25, 0.3) is 0 Å². The lowest BCUT2D eigenvalue weighted by molar-refractivity contribution is 0.1000. The monoisotopic (exact) mass is 435 g/mol. The molecule has 2 N–H and O–H groups in total. The van der Waals surface area contributed by atoms with Crippen molar-refractivity contribution in [3.05, 3.63) is 65.2 Å². The molecule has 0 saturated carbocycles. The zero-order valence-electron chi connectivity index (χ0n) is 16.5. The molecule has 0 aromatic heterocycles. The van der Waals surface area contributed by atoms with Gasteiger partial charge in [0.15, 0.2) is 0 Å². The topological polar surface area (TPSA) is 83.7 Å². The Bertz CT molecular complexity index is 1010. The zero-order chi connectivity index (χ0) is 20.1. The van der Waals surface area contributed by atoms with E-state index >= 15 is 0 Å². The van der Waals surface area contributed by atoms with Crippen molar-refractivity contribution in [1.29, 1.82) is 0 Å². The number of carbonyl (C=O) groups excluding carboxylic acids is 1. The average Bonchev–Trinajstić information content (AvgIpc) is 3.20. The number of hydrogen-bond acceptors (Lipinski definition) is 4. The number of nitrogens with zero attached hydrogens (tertiary/aromatic N) is 2. The van der Waals surface area contributed by atoms with Crippen molar-refractivity contribution in [3.8, 4) is 0 Å². The summed E-state index contributed by atoms with van der Waals surface area (Å²) in [5.74, 6) is 0.0174. The predicted octanol–water partition coefficient (Wildman–Crippen LogP) is 2.44. The molecule has 2 aromatic carbocycles. The van der Waals surface area contributed by atoms with Gasteiger partial charge in [-0.1, -0.05) is 24.3 Å². The van der Waals surface area contributed by atoms with Crippen LogP contribution in [0.5, 0.6) is 0 Å². The Morgan fingerprint density at radius 1 is 1.03 bits per heavy atom. The van der Waals surface area contributed by atoms with Crippen LogP contribution in [0.2, 0.25) is 0 Å². The predicted molar refractivity (Wildman–Crippen MR) is 114 cm³/mol. The van der Waals surface area contributed by atoms with Crippen LogP contribution < -0.4 is 5.73 Å². The van der Waals surface area contributed by atoms with E-state index in [1.807, 2.05) is 12.1 Å². The summed E-state index contributed by atoms with van der Waals surface area (Å²) in [7, 11) is -1.47. The molecule has 0 unspecified atom stereocenters. The number of primary amides is 1. The fourth-order valence-corrected chi connectivity index (χ4v) is 6.27. The number of sulfonamides is 1. The van der Waals surface area contributed by atoms with Gasteiger partial charge < -0.3 is 5.73 Å². The summed E-state index contributed by atoms with van der Waals surface area (Å²) in [5, 5.41) is 0. The number of aryl methyl sites for hydroxylation is 1. The third-order valence-electron chi connectivity index (χ3n) is 6.14. The van der Waals surface area contributed by atoms with Crippen molar-refractivity contribution in [1.82, 2.24) is 9.21 Å². The Morgan fingerprint density at radius 3 is 2.31 bits per heavy atom. The van der Waals surface area contributed by atoms with Gasteiger partial charge in [0, 0.05) is 31.2 Å². The summed E-state index contributed by atoms with van der Waals surface area (Å²) in [6.45, 7) is 4.03. The molecule has 6 nitrogen and oxygen atoms in total. The van der Waals surface area contributed by atoms with Crippen LogP contribution in [0, 0.1) is 18.8 Å². The number of rotatable bonds is 4. The van der Waals surface area contributed by atoms with E-state index in [2.05, 4.69) is 31.0 Å². The molecule has 29 heavy (non-hydrogen) atoms. The van der Waals surface area contributed by atoms with Gasteiger partial charge >= 0.3 is 0 Å². The number of fused-ring (bicyclic) bond motifs is 1. The maximum atomic E-state index is 13.1. The third kappa shape index (κ3) is 3.80. The molecule has 2 aromatic rings. The number of hydrogen-bond donors (Lipinski definition) is 1. The Morgan fingerprint density at radius 2 is 1.69 bits per heavy atom. The highest BCUT2D eigenvalue weighted by molar-refractivity contribution is 7.89. The Kier molecular flexibility index (Phi) is 6.06. The molecule has 0 spiro atoms. The van der Waals surface area contributed by atoms with Crippen LogP contribution in [-0.2, 0) is 10.0 Å². The number of carbonyl (C=O) groups is 1. The summed E-state index contributed by atoms with van der Waals surface area (Å²) < 4.78 is 27.9. The lowest BCUT2D eigenvalue weighted by atomic mass is 9.88. The van der Waals surface area contributed by atoms with Gasteiger partial charge in [0.1, 0.15) is 0 Å². The van der Waals surface area contributed by atoms with Gasteiger partial charge in [-0.3, -0.25) is 9.69 Å². The highest BCUT2D eigenvalue weighted by atomic mass is 35.5. The van der Waals surface area contributed by atoms with E-state index in [0.29, 0.717) is 24.6 Å². The number of benzene rings is 2. The van der Waals surface area contributed by atoms with E-state index < -0.39 is 15.9 Å². The second-order valence-electron chi connectivity index (χ2n) is 7.88. The van der Waals surface area contributed by atoms with Crippen LogP contribution in [0.1, 0.15) is 27.5 Å². The molecule has 0 aliphatic carbocycles. The first kappa shape index (κ1) is 21.8. The van der Waals surface area contributed by atoms with E-state index in [1.165, 1.54) is 35.4 Å². The molecule has 2 aliphatic rings. The largest absolute Gasteiger partial charge is 0.366 e. The van der Waals surface area contributed by atoms with Crippen molar-refractivity contribution in [3.63, 3.8) is 0 Å². The summed E-state index contributed by atoms with van der Waals surface area (Å²) in [6, 6.07) is 14.4. The van der Waals surface area contributed by atoms with Crippen molar-refractivity contribution in [2.24, 2.45) is 17.6 Å². The molecule has 156 valence electrons. The highest BCUT2D eigenvalue weighted by Crippen LogP contribution is 2.45. The summed E-state index contributed by atoms with van der Waals surface area (Å²) in [5.41, 5.74) is 8.07. The summed E-state index contributed by atoms with van der Waals surface area (Å²) in [6.07, 6.45) is 0. The summed E-state index contributed by atoms with van der Waals surface area (Å²) >= 11 is 0. The van der Waals surface area contributed by atoms with E-state index in [1.54, 1.807) is 4.31 Å². The third-order valence-corrected chi connectivity index (χ3v) is 7.99. The molecular weight excluding hydrogens is 410 g/mol. The lowest BCUT2D eigenvalue weighted by Gasteiger charge is -2.27. The van der Waals surface area contributed by atoms with E-state index in [9.17, 15) is 13.2 Å². The quantitative estimate of drug-likeness (QED) is 0.799. The smallest absolute Gasteiger partial charge is 0.248 e. The molecule has 0 bridgehead atoms. The lowest BCUT2D eigenvalue weighted by Crippen LogP contribution is -2.33. The van der Waals surface area contributed by atoms with Gasteiger partial charge in [0.2, 0.25) is 15.9 Å². The van der Waals surface area contributed by atoms with Crippen LogP contribution in [0.15, 0.2) is 53.4 Å². The second-order valence-corrected chi connectivity index (χ2v) is 9.81. The van der Waals surface area contributed by atoms with Crippen molar-refractivity contribution in [2.45, 2.75) is 17.9 Å². The minimum atomic E-state index is -3.59. The van der Waals surface area contributed by atoms with Crippen molar-refractivity contribution >= 4 is 28.3 Å². The number of halogens is 1. The molecule has 1 amide bonds. The SMILES string of the molecule is Cc1ccccc1[C@@H]1[C@@H]2CN(S(=O)(=O)c3ccc(C(N)=O)cc3)C[C@@H]2CN1C.Cl. The molecule has 3 atom stereocenters. The molecule has 2 fully saturated rings. The van der Waals surface area contributed by atoms with Crippen LogP contribution in [0.4, 0.5) is 0 Å². The zero-order valence-corrected chi connectivity index (χ0v) is 18.1. The average molecular weight is 436 g/mol. The first-order chi connectivity index (χ1) is 13.3. The Hall–Kier alpha value is -1.93. The maximum Gasteiger partial charge on any atom is 0.248 e. The Balaban J connectivity index is 0.00000240. The second kappa shape index (κ2) is 8.07. The molecule has 8 heteroatoms. The molecular formula is C21H26ClN3O3S. The molecule has 4 rings (SSSR count). The normalized spacial score (nSPS) is 24.8. The fraction of sp³-hybridized carbons (Fsp3) is 0.381. The minimum absolute atomic E-state index is 0. The standard InChI is InChI=1S/C21H25N3O3S.ClH/c1-14-5-3-4-6-18(14)20-19-13-24(12-16(19)11-23(20)2)28(26,27)17-9-7-15(8-10-17)21(22)25;/h3-10,16,19-20H,11-13H2,1-2H3,(H2,22,25);1H/t16-,19+,20+;/m0./s1. The molecule has 2 aliphatic heterocycles.